The lowest BCUT2D eigenvalue weighted by molar-refractivity contribution is 0.450. The Kier molecular flexibility index (Phi) is 6.17. The van der Waals surface area contributed by atoms with Crippen molar-refractivity contribution >= 4 is 45.9 Å². The van der Waals surface area contributed by atoms with Crippen LogP contribution < -0.4 is 0 Å². The maximum absolute atomic E-state index is 4.78. The summed E-state index contributed by atoms with van der Waals surface area (Å²) in [7, 11) is 0. The van der Waals surface area contributed by atoms with Crippen molar-refractivity contribution in [1.82, 2.24) is 8.75 Å². The van der Waals surface area contributed by atoms with Crippen LogP contribution in [0, 0.1) is 12.3 Å². The number of allylic oxidation sites excluding steroid dienone is 2. The summed E-state index contributed by atoms with van der Waals surface area (Å²) < 4.78 is 9.55. The topological polar surface area (TPSA) is 25.8 Å². The molecule has 0 radical (unpaired) electrons. The highest BCUT2D eigenvalue weighted by molar-refractivity contribution is 8.03. The predicted molar refractivity (Wildman–Crippen MR) is 141 cm³/mol. The van der Waals surface area contributed by atoms with Gasteiger partial charge in [-0.15, -0.1) is 23.1 Å². The highest BCUT2D eigenvalue weighted by atomic mass is 32.2. The average Bonchev–Trinajstić information content (AvgIpc) is 3.45. The van der Waals surface area contributed by atoms with Gasteiger partial charge in [0.05, 0.1) is 11.7 Å². The van der Waals surface area contributed by atoms with Gasteiger partial charge in [-0.05, 0) is 66.0 Å². The zero-order valence-corrected chi connectivity index (χ0v) is 22.5. The van der Waals surface area contributed by atoms with E-state index in [2.05, 4.69) is 85.4 Å². The maximum Gasteiger partial charge on any atom is 0.113 e. The molecule has 0 N–H and O–H groups in total. The van der Waals surface area contributed by atoms with E-state index in [1.807, 2.05) is 11.3 Å². The Bertz CT molecular complexity index is 1150. The second-order valence-corrected chi connectivity index (χ2v) is 13.0. The van der Waals surface area contributed by atoms with Gasteiger partial charge in [0.15, 0.2) is 0 Å². The number of fused-ring (bicyclic) bond motifs is 1. The van der Waals surface area contributed by atoms with E-state index in [0.29, 0.717) is 5.25 Å². The zero-order chi connectivity index (χ0) is 22.6. The zero-order valence-electron chi connectivity index (χ0n) is 20.0. The van der Waals surface area contributed by atoms with E-state index >= 15 is 0 Å². The molecule has 0 spiro atoms. The number of aryl methyl sites for hydroxylation is 1. The van der Waals surface area contributed by atoms with Crippen LogP contribution in [0.25, 0.3) is 21.5 Å². The van der Waals surface area contributed by atoms with E-state index in [1.54, 1.807) is 10.5 Å². The van der Waals surface area contributed by atoms with Crippen LogP contribution in [0.3, 0.4) is 0 Å². The Morgan fingerprint density at radius 1 is 0.968 bits per heavy atom. The van der Waals surface area contributed by atoms with E-state index in [0.717, 1.165) is 23.9 Å². The van der Waals surface area contributed by atoms with Gasteiger partial charge in [-0.1, -0.05) is 59.2 Å². The van der Waals surface area contributed by atoms with Gasteiger partial charge in [0.2, 0.25) is 0 Å². The molecule has 3 heterocycles. The molecule has 1 aliphatic heterocycles. The van der Waals surface area contributed by atoms with E-state index in [-0.39, 0.29) is 10.8 Å². The molecule has 1 unspecified atom stereocenters. The molecule has 0 amide bonds. The molecule has 2 aromatic heterocycles. The highest BCUT2D eigenvalue weighted by Gasteiger charge is 2.34. The van der Waals surface area contributed by atoms with Crippen molar-refractivity contribution in [3.8, 4) is 10.4 Å². The first kappa shape index (κ1) is 23.0. The SMILES string of the molecule is CCC(C)(C)C1=C(C)CC(c2ccc(-c3cc(C)c(C(C)(C)CC)s3)c3nsnc23)S1. The number of thiophene rings is 1. The first-order valence-electron chi connectivity index (χ1n) is 11.3. The van der Waals surface area contributed by atoms with Crippen LogP contribution in [0.2, 0.25) is 0 Å². The molecule has 4 rings (SSSR count). The monoisotopic (exact) mass is 470 g/mol. The quantitative estimate of drug-likeness (QED) is 0.359. The van der Waals surface area contributed by atoms with Crippen molar-refractivity contribution in [3.63, 3.8) is 0 Å². The summed E-state index contributed by atoms with van der Waals surface area (Å²) in [6.45, 7) is 18.6. The lowest BCUT2D eigenvalue weighted by Crippen LogP contribution is -2.14. The number of rotatable bonds is 6. The molecule has 5 heteroatoms. The minimum Gasteiger partial charge on any atom is -0.173 e. The van der Waals surface area contributed by atoms with Gasteiger partial charge in [-0.3, -0.25) is 0 Å². The van der Waals surface area contributed by atoms with Crippen LogP contribution in [-0.2, 0) is 5.41 Å². The lowest BCUT2D eigenvalue weighted by atomic mass is 9.86. The largest absolute Gasteiger partial charge is 0.173 e. The average molecular weight is 471 g/mol. The van der Waals surface area contributed by atoms with Gasteiger partial charge in [-0.2, -0.15) is 8.75 Å². The molecule has 0 saturated carbocycles. The smallest absolute Gasteiger partial charge is 0.113 e. The van der Waals surface area contributed by atoms with Crippen molar-refractivity contribution in [2.75, 3.05) is 0 Å². The Morgan fingerprint density at radius 3 is 2.32 bits per heavy atom. The normalized spacial score (nSPS) is 17.9. The third-order valence-electron chi connectivity index (χ3n) is 7.11. The number of hydrogen-bond donors (Lipinski definition) is 0. The molecular weight excluding hydrogens is 437 g/mol. The fraction of sp³-hybridized carbons (Fsp3) is 0.538. The summed E-state index contributed by atoms with van der Waals surface area (Å²) in [5.41, 5.74) is 8.16. The number of hydrogen-bond acceptors (Lipinski definition) is 5. The third-order valence-corrected chi connectivity index (χ3v) is 11.1. The number of nitrogens with zero attached hydrogens (tertiary/aromatic N) is 2. The molecule has 0 saturated heterocycles. The van der Waals surface area contributed by atoms with Gasteiger partial charge in [0, 0.05) is 20.6 Å². The second kappa shape index (κ2) is 8.31. The first-order valence-corrected chi connectivity index (χ1v) is 13.7. The van der Waals surface area contributed by atoms with Gasteiger partial charge in [0.25, 0.3) is 0 Å². The summed E-state index contributed by atoms with van der Waals surface area (Å²) in [6.07, 6.45) is 3.42. The molecule has 3 aromatic rings. The number of thioether (sulfide) groups is 1. The van der Waals surface area contributed by atoms with E-state index in [9.17, 15) is 0 Å². The molecule has 166 valence electrons. The Labute approximate surface area is 199 Å². The van der Waals surface area contributed by atoms with E-state index in [1.165, 1.54) is 44.6 Å². The summed E-state index contributed by atoms with van der Waals surface area (Å²) in [4.78, 5) is 4.38. The lowest BCUT2D eigenvalue weighted by Gasteiger charge is -2.25. The van der Waals surface area contributed by atoms with Gasteiger partial charge < -0.3 is 0 Å². The van der Waals surface area contributed by atoms with Crippen molar-refractivity contribution in [1.29, 1.82) is 0 Å². The minimum absolute atomic E-state index is 0.207. The molecule has 1 aliphatic rings. The van der Waals surface area contributed by atoms with E-state index < -0.39 is 0 Å². The third kappa shape index (κ3) is 4.02. The molecule has 0 bridgehead atoms. The minimum atomic E-state index is 0.207. The summed E-state index contributed by atoms with van der Waals surface area (Å²) in [6, 6.07) is 6.97. The van der Waals surface area contributed by atoms with Crippen molar-refractivity contribution < 1.29 is 0 Å². The van der Waals surface area contributed by atoms with E-state index in [4.69, 9.17) is 8.75 Å². The Balaban J connectivity index is 1.73. The van der Waals surface area contributed by atoms with Crippen LogP contribution >= 0.6 is 34.8 Å². The maximum atomic E-state index is 4.78. The molecule has 31 heavy (non-hydrogen) atoms. The molecule has 1 atom stereocenters. The van der Waals surface area contributed by atoms with Gasteiger partial charge >= 0.3 is 0 Å². The van der Waals surface area contributed by atoms with Crippen LogP contribution in [-0.4, -0.2) is 8.75 Å². The fourth-order valence-electron chi connectivity index (χ4n) is 4.52. The van der Waals surface area contributed by atoms with Crippen LogP contribution in [0.15, 0.2) is 28.7 Å². The van der Waals surface area contributed by atoms with Crippen LogP contribution in [0.5, 0.6) is 0 Å². The molecule has 0 fully saturated rings. The highest BCUT2D eigenvalue weighted by Crippen LogP contribution is 2.56. The second-order valence-electron chi connectivity index (χ2n) is 10.2. The van der Waals surface area contributed by atoms with Crippen molar-refractivity contribution in [2.45, 2.75) is 85.3 Å². The summed E-state index contributed by atoms with van der Waals surface area (Å²) >= 11 is 5.34. The van der Waals surface area contributed by atoms with Crippen molar-refractivity contribution in [2.24, 2.45) is 5.41 Å². The summed E-state index contributed by atoms with van der Waals surface area (Å²) in [5, 5.41) is 0.445. The molecule has 1 aromatic carbocycles. The molecular formula is C26H34N2S3. The number of aromatic nitrogens is 2. The standard InChI is InChI=1S/C26H34N2S3/c1-9-25(5,6)23-15(3)13-19(29-23)17-11-12-18(22-21(17)27-31-28-22)20-14-16(4)24(30-20)26(7,8)10-2/h11-13,20H,9-10,14H2,1-8H3. The van der Waals surface area contributed by atoms with Crippen molar-refractivity contribution in [3.05, 3.63) is 44.7 Å². The molecule has 0 aliphatic carbocycles. The predicted octanol–water partition coefficient (Wildman–Crippen LogP) is 9.30. The fourth-order valence-corrected chi connectivity index (χ4v) is 8.15. The molecule has 2 nitrogen and oxygen atoms in total. The Morgan fingerprint density at radius 2 is 1.65 bits per heavy atom. The summed E-state index contributed by atoms with van der Waals surface area (Å²) in [5.74, 6) is 0. The van der Waals surface area contributed by atoms with Gasteiger partial charge in [-0.25, -0.2) is 0 Å². The van der Waals surface area contributed by atoms with Gasteiger partial charge in [0.1, 0.15) is 11.0 Å². The van der Waals surface area contributed by atoms with Crippen LogP contribution in [0.4, 0.5) is 0 Å². The Hall–Kier alpha value is -1.17. The van der Waals surface area contributed by atoms with Crippen LogP contribution in [0.1, 0.15) is 89.0 Å². The first-order chi connectivity index (χ1) is 14.6. The number of benzene rings is 1.